The molecule has 0 amide bonds. The lowest BCUT2D eigenvalue weighted by Crippen LogP contribution is -2.43. The fraction of sp³-hybridized carbons (Fsp3) is 0.171. The van der Waals surface area contributed by atoms with Gasteiger partial charge in [0.15, 0.2) is 0 Å². The van der Waals surface area contributed by atoms with Crippen molar-refractivity contribution >= 4 is 38.7 Å². The van der Waals surface area contributed by atoms with E-state index in [9.17, 15) is 13.2 Å². The Labute approximate surface area is 271 Å². The number of sulfonamides is 1. The van der Waals surface area contributed by atoms with E-state index in [4.69, 9.17) is 4.74 Å². The molecule has 0 saturated heterocycles. The summed E-state index contributed by atoms with van der Waals surface area (Å²) in [5.41, 5.74) is 4.36. The fourth-order valence-corrected chi connectivity index (χ4v) is 8.24. The first-order valence-corrected chi connectivity index (χ1v) is 17.6. The number of aromatic nitrogens is 2. The van der Waals surface area contributed by atoms with Crippen LogP contribution in [0.2, 0.25) is 0 Å². The third-order valence-corrected chi connectivity index (χ3v) is 10.9. The smallest absolute Gasteiger partial charge is 0.241 e. The molecular formula is C35H31N3O4S3. The summed E-state index contributed by atoms with van der Waals surface area (Å²) in [6, 6.07) is 31.3. The number of benzene rings is 4. The minimum absolute atomic E-state index is 0.113. The van der Waals surface area contributed by atoms with Crippen LogP contribution < -0.4 is 9.46 Å². The zero-order chi connectivity index (χ0) is 31.6. The van der Waals surface area contributed by atoms with Gasteiger partial charge in [0.25, 0.3) is 0 Å². The maximum Gasteiger partial charge on any atom is 0.241 e. The van der Waals surface area contributed by atoms with Crippen molar-refractivity contribution < 1.29 is 17.9 Å². The van der Waals surface area contributed by atoms with Crippen LogP contribution in [0.1, 0.15) is 30.5 Å². The van der Waals surface area contributed by atoms with Gasteiger partial charge in [-0.1, -0.05) is 85.8 Å². The first-order chi connectivity index (χ1) is 21.7. The number of hydrogen-bond donors (Lipinski definition) is 1. The summed E-state index contributed by atoms with van der Waals surface area (Å²) in [5.74, 6) is 1.32. The van der Waals surface area contributed by atoms with Gasteiger partial charge in [-0.2, -0.15) is 4.72 Å². The first-order valence-electron chi connectivity index (χ1n) is 14.5. The van der Waals surface area contributed by atoms with Crippen molar-refractivity contribution in [2.75, 3.05) is 0 Å². The molecule has 6 rings (SSSR count). The molecule has 228 valence electrons. The zero-order valence-electron chi connectivity index (χ0n) is 24.9. The van der Waals surface area contributed by atoms with Crippen molar-refractivity contribution in [2.45, 2.75) is 52.9 Å². The van der Waals surface area contributed by atoms with Gasteiger partial charge in [0.05, 0.1) is 26.4 Å². The van der Waals surface area contributed by atoms with E-state index in [1.54, 1.807) is 36.0 Å². The molecular weight excluding hydrogens is 623 g/mol. The molecule has 10 heteroatoms. The molecule has 7 nitrogen and oxygen atoms in total. The largest absolute Gasteiger partial charge is 0.455 e. The molecule has 0 bridgehead atoms. The summed E-state index contributed by atoms with van der Waals surface area (Å²) in [7, 11) is -3.92. The maximum absolute atomic E-state index is 13.7. The standard InChI is InChI=1S/C35H31N3O4S3/c1-22(2)33(38-45(40,41)27-16-13-23(3)14-17-27)35(39)44-34-26(19-24-9-5-4-6-10-24)20-28(36-37-34)25-15-18-30-32(21-25)43-31-12-8-7-11-29(31)42-30/h4-18,20-22,33,38H,19H2,1-3H3/t33-/m0/s1. The van der Waals surface area contributed by atoms with Crippen molar-refractivity contribution in [2.24, 2.45) is 5.92 Å². The quantitative estimate of drug-likeness (QED) is 0.157. The molecule has 0 radical (unpaired) electrons. The monoisotopic (exact) mass is 653 g/mol. The van der Waals surface area contributed by atoms with Crippen LogP contribution in [0.5, 0.6) is 11.5 Å². The van der Waals surface area contributed by atoms with Crippen LogP contribution in [0.25, 0.3) is 11.3 Å². The second kappa shape index (κ2) is 13.2. The number of para-hydroxylation sites is 1. The Bertz CT molecular complexity index is 1960. The van der Waals surface area contributed by atoms with Crippen molar-refractivity contribution in [1.82, 2.24) is 14.9 Å². The highest BCUT2D eigenvalue weighted by molar-refractivity contribution is 8.13. The Kier molecular flexibility index (Phi) is 9.09. The molecule has 0 fully saturated rings. The fourth-order valence-electron chi connectivity index (χ4n) is 4.84. The predicted octanol–water partition coefficient (Wildman–Crippen LogP) is 7.92. The minimum atomic E-state index is -3.92. The number of aryl methyl sites for hydroxylation is 1. The van der Waals surface area contributed by atoms with Crippen LogP contribution in [0.15, 0.2) is 123 Å². The van der Waals surface area contributed by atoms with Crippen LogP contribution >= 0.6 is 23.5 Å². The van der Waals surface area contributed by atoms with Crippen LogP contribution in [-0.2, 0) is 21.2 Å². The van der Waals surface area contributed by atoms with E-state index in [0.29, 0.717) is 17.1 Å². The van der Waals surface area contributed by atoms with E-state index < -0.39 is 16.1 Å². The lowest BCUT2D eigenvalue weighted by atomic mass is 10.0. The van der Waals surface area contributed by atoms with Gasteiger partial charge >= 0.3 is 0 Å². The Hall–Kier alpha value is -3.96. The number of hydrogen-bond acceptors (Lipinski definition) is 8. The molecule has 1 atom stereocenters. The van der Waals surface area contributed by atoms with Gasteiger partial charge < -0.3 is 4.74 Å². The summed E-state index contributed by atoms with van der Waals surface area (Å²) >= 11 is 2.56. The number of thioether (sulfide) groups is 1. The number of nitrogens with one attached hydrogen (secondary N) is 1. The van der Waals surface area contributed by atoms with Crippen molar-refractivity contribution in [3.8, 4) is 22.8 Å². The lowest BCUT2D eigenvalue weighted by Gasteiger charge is -2.21. The van der Waals surface area contributed by atoms with Crippen LogP contribution in [-0.4, -0.2) is 29.8 Å². The average molecular weight is 654 g/mol. The number of nitrogens with zero attached hydrogens (tertiary/aromatic N) is 2. The lowest BCUT2D eigenvalue weighted by molar-refractivity contribution is -0.113. The zero-order valence-corrected chi connectivity index (χ0v) is 27.4. The van der Waals surface area contributed by atoms with Crippen molar-refractivity contribution in [1.29, 1.82) is 0 Å². The SMILES string of the molecule is Cc1ccc(S(=O)(=O)N[C@H](C(=O)Sc2nnc(-c3ccc4c(c3)Sc3ccccc3O4)cc2Cc2ccccc2)C(C)C)cc1. The molecule has 0 saturated carbocycles. The van der Waals surface area contributed by atoms with Gasteiger partial charge in [-0.3, -0.25) is 4.79 Å². The van der Waals surface area contributed by atoms with Crippen LogP contribution in [0.4, 0.5) is 0 Å². The highest BCUT2D eigenvalue weighted by atomic mass is 32.2. The number of ether oxygens (including phenoxy) is 1. The van der Waals surface area contributed by atoms with Gasteiger partial charge in [0, 0.05) is 12.0 Å². The Morgan fingerprint density at radius 3 is 2.33 bits per heavy atom. The molecule has 1 aliphatic heterocycles. The third kappa shape index (κ3) is 7.15. The van der Waals surface area contributed by atoms with E-state index in [2.05, 4.69) is 14.9 Å². The van der Waals surface area contributed by atoms with E-state index in [0.717, 1.165) is 55.3 Å². The highest BCUT2D eigenvalue weighted by Gasteiger charge is 2.30. The second-order valence-electron chi connectivity index (χ2n) is 11.1. The predicted molar refractivity (Wildman–Crippen MR) is 178 cm³/mol. The van der Waals surface area contributed by atoms with Gasteiger partial charge in [-0.25, -0.2) is 8.42 Å². The van der Waals surface area contributed by atoms with E-state index >= 15 is 0 Å². The number of carbonyl (C=O) groups excluding carboxylic acids is 1. The number of rotatable bonds is 9. The van der Waals surface area contributed by atoms with E-state index in [1.165, 1.54) is 0 Å². The maximum atomic E-state index is 13.7. The van der Waals surface area contributed by atoms with Crippen LogP contribution in [0.3, 0.4) is 0 Å². The molecule has 1 aromatic heterocycles. The summed E-state index contributed by atoms with van der Waals surface area (Å²) in [6.07, 6.45) is 0.524. The molecule has 1 aliphatic rings. The third-order valence-electron chi connectivity index (χ3n) is 7.33. The summed E-state index contributed by atoms with van der Waals surface area (Å²) < 4.78 is 35.1. The Morgan fingerprint density at radius 1 is 0.867 bits per heavy atom. The minimum Gasteiger partial charge on any atom is -0.455 e. The molecule has 45 heavy (non-hydrogen) atoms. The normalized spacial score (nSPS) is 13.1. The first kappa shape index (κ1) is 31.0. The molecule has 0 spiro atoms. The average Bonchev–Trinajstić information content (AvgIpc) is 3.03. The summed E-state index contributed by atoms with van der Waals surface area (Å²) in [4.78, 5) is 15.8. The van der Waals surface area contributed by atoms with Crippen molar-refractivity contribution in [3.63, 3.8) is 0 Å². The number of carbonyl (C=O) groups is 1. The van der Waals surface area contributed by atoms with E-state index in [-0.39, 0.29) is 15.9 Å². The molecule has 5 aromatic rings. The van der Waals surface area contributed by atoms with E-state index in [1.807, 2.05) is 99.6 Å². The van der Waals surface area contributed by atoms with Crippen LogP contribution in [0, 0.1) is 12.8 Å². The highest BCUT2D eigenvalue weighted by Crippen LogP contribution is 2.47. The van der Waals surface area contributed by atoms with Gasteiger partial charge in [0.1, 0.15) is 16.5 Å². The molecule has 0 aliphatic carbocycles. The second-order valence-corrected chi connectivity index (χ2v) is 14.9. The molecule has 4 aromatic carbocycles. The molecule has 2 heterocycles. The molecule has 1 N–H and O–H groups in total. The topological polar surface area (TPSA) is 98.2 Å². The summed E-state index contributed by atoms with van der Waals surface area (Å²) in [6.45, 7) is 5.52. The van der Waals surface area contributed by atoms with Gasteiger partial charge in [-0.15, -0.1) is 10.2 Å². The Balaban J connectivity index is 1.29. The summed E-state index contributed by atoms with van der Waals surface area (Å²) in [5, 5.41) is 9.14. The van der Waals surface area contributed by atoms with Crippen molar-refractivity contribution in [3.05, 3.63) is 120 Å². The van der Waals surface area contributed by atoms with Gasteiger partial charge in [-0.05, 0) is 84.3 Å². The molecule has 0 unspecified atom stereocenters. The Morgan fingerprint density at radius 2 is 1.58 bits per heavy atom. The van der Waals surface area contributed by atoms with Gasteiger partial charge in [0.2, 0.25) is 15.1 Å². The number of fused-ring (bicyclic) bond motifs is 2.